The Balaban J connectivity index is 1.47. The number of hydrogen-bond acceptors (Lipinski definition) is 5. The highest BCUT2D eigenvalue weighted by atomic mass is 16.5. The lowest BCUT2D eigenvalue weighted by molar-refractivity contribution is 0.0706. The minimum Gasteiger partial charge on any atom is -0.481 e. The van der Waals surface area contributed by atoms with Crippen molar-refractivity contribution in [2.75, 3.05) is 7.11 Å². The predicted molar refractivity (Wildman–Crippen MR) is 101 cm³/mol. The maximum atomic E-state index is 12.9. The maximum Gasteiger partial charge on any atom is 0.256 e. The normalized spacial score (nSPS) is 18.1. The molecule has 1 aliphatic carbocycles. The zero-order valence-electron chi connectivity index (χ0n) is 16.0. The number of methoxy groups -OCH3 is 1. The molecular weight excluding hydrogens is 342 g/mol. The van der Waals surface area contributed by atoms with Gasteiger partial charge in [0.25, 0.3) is 5.91 Å². The van der Waals surface area contributed by atoms with Gasteiger partial charge in [-0.3, -0.25) is 4.79 Å². The summed E-state index contributed by atoms with van der Waals surface area (Å²) in [6.45, 7) is 4.17. The van der Waals surface area contributed by atoms with E-state index in [1.807, 2.05) is 28.1 Å². The van der Waals surface area contributed by atoms with Crippen LogP contribution in [0.1, 0.15) is 54.2 Å². The van der Waals surface area contributed by atoms with E-state index in [-0.39, 0.29) is 11.9 Å². The third-order valence-corrected chi connectivity index (χ3v) is 5.60. The molecule has 2 aliphatic rings. The van der Waals surface area contributed by atoms with Crippen LogP contribution in [0.25, 0.3) is 0 Å². The maximum absolute atomic E-state index is 12.9. The summed E-state index contributed by atoms with van der Waals surface area (Å²) in [6, 6.07) is 2.59. The Bertz CT molecular complexity index is 799. The number of pyridine rings is 1. The van der Waals surface area contributed by atoms with Gasteiger partial charge in [0.2, 0.25) is 5.88 Å². The number of rotatable bonds is 7. The van der Waals surface area contributed by atoms with Crippen LogP contribution in [-0.4, -0.2) is 44.5 Å². The molecule has 1 N–H and O–H groups in total. The van der Waals surface area contributed by atoms with E-state index >= 15 is 0 Å². The van der Waals surface area contributed by atoms with E-state index in [1.54, 1.807) is 13.3 Å². The van der Waals surface area contributed by atoms with Crippen LogP contribution in [0, 0.1) is 0 Å². The molecule has 0 radical (unpaired) electrons. The van der Waals surface area contributed by atoms with Crippen LogP contribution in [0.5, 0.6) is 5.88 Å². The van der Waals surface area contributed by atoms with E-state index in [2.05, 4.69) is 22.2 Å². The third kappa shape index (κ3) is 3.69. The minimum absolute atomic E-state index is 0.125. The molecule has 1 saturated carbocycles. The molecule has 7 nitrogen and oxygen atoms in total. The first-order valence-corrected chi connectivity index (χ1v) is 9.72. The zero-order chi connectivity index (χ0) is 18.8. The van der Waals surface area contributed by atoms with Gasteiger partial charge < -0.3 is 19.5 Å². The predicted octanol–water partition coefficient (Wildman–Crippen LogP) is 2.36. The Morgan fingerprint density at radius 2 is 2.19 bits per heavy atom. The van der Waals surface area contributed by atoms with Gasteiger partial charge in [-0.15, -0.1) is 0 Å². The molecule has 1 unspecified atom stereocenters. The van der Waals surface area contributed by atoms with E-state index < -0.39 is 0 Å². The fourth-order valence-electron chi connectivity index (χ4n) is 4.14. The molecule has 1 fully saturated rings. The molecule has 27 heavy (non-hydrogen) atoms. The van der Waals surface area contributed by atoms with E-state index in [9.17, 15) is 4.79 Å². The lowest BCUT2D eigenvalue weighted by Crippen LogP contribution is -2.33. The molecule has 2 aromatic heterocycles. The number of carbonyl (C=O) groups excluding carboxylic acids is 1. The second-order valence-corrected chi connectivity index (χ2v) is 7.56. The van der Waals surface area contributed by atoms with Crippen LogP contribution in [0.2, 0.25) is 0 Å². The number of fused-ring (bicyclic) bond motifs is 1. The molecule has 1 amide bonds. The van der Waals surface area contributed by atoms with E-state index in [1.165, 1.54) is 12.8 Å². The van der Waals surface area contributed by atoms with Crippen LogP contribution in [-0.2, 0) is 19.6 Å². The number of hydrogen-bond donors (Lipinski definition) is 1. The van der Waals surface area contributed by atoms with Crippen molar-refractivity contribution in [3.05, 3.63) is 41.6 Å². The lowest BCUT2D eigenvalue weighted by atomic mass is 10.1. The lowest BCUT2D eigenvalue weighted by Gasteiger charge is -2.22. The number of imidazole rings is 1. The highest BCUT2D eigenvalue weighted by Gasteiger charge is 2.35. The minimum atomic E-state index is 0.125. The van der Waals surface area contributed by atoms with Gasteiger partial charge in [0.05, 0.1) is 31.2 Å². The first-order valence-electron chi connectivity index (χ1n) is 9.72. The molecule has 1 aliphatic heterocycles. The second kappa shape index (κ2) is 7.68. The fourth-order valence-corrected chi connectivity index (χ4v) is 4.14. The van der Waals surface area contributed by atoms with Gasteiger partial charge in [0, 0.05) is 43.1 Å². The van der Waals surface area contributed by atoms with Gasteiger partial charge in [0.1, 0.15) is 0 Å². The summed E-state index contributed by atoms with van der Waals surface area (Å²) in [5.41, 5.74) is 2.51. The first kappa shape index (κ1) is 18.0. The standard InChI is InChI=1S/C20H27N5O2/c1-14(11-24-8-7-21-13-24)22-10-15-9-17-18(23-19(15)27-2)12-25(20(17)26)16-5-3-4-6-16/h7-9,13-14,16,22H,3-6,10-12H2,1-2H3. The molecular formula is C20H27N5O2. The van der Waals surface area contributed by atoms with Crippen LogP contribution in [0.4, 0.5) is 0 Å². The molecule has 0 aromatic carbocycles. The van der Waals surface area contributed by atoms with Crippen molar-refractivity contribution < 1.29 is 9.53 Å². The largest absolute Gasteiger partial charge is 0.481 e. The quantitative estimate of drug-likeness (QED) is 0.811. The number of nitrogens with one attached hydrogen (secondary N) is 1. The smallest absolute Gasteiger partial charge is 0.256 e. The highest BCUT2D eigenvalue weighted by Crippen LogP contribution is 2.33. The number of nitrogens with zero attached hydrogens (tertiary/aromatic N) is 4. The molecule has 144 valence electrons. The summed E-state index contributed by atoms with van der Waals surface area (Å²) < 4.78 is 7.55. The second-order valence-electron chi connectivity index (χ2n) is 7.56. The van der Waals surface area contributed by atoms with Gasteiger partial charge in [-0.2, -0.15) is 0 Å². The van der Waals surface area contributed by atoms with Crippen LogP contribution in [0.3, 0.4) is 0 Å². The summed E-state index contributed by atoms with van der Waals surface area (Å²) in [5, 5.41) is 3.49. The molecule has 7 heteroatoms. The average molecular weight is 369 g/mol. The van der Waals surface area contributed by atoms with E-state index in [0.29, 0.717) is 25.0 Å². The number of carbonyl (C=O) groups is 1. The Kier molecular flexibility index (Phi) is 5.11. The van der Waals surface area contributed by atoms with Gasteiger partial charge in [0.15, 0.2) is 0 Å². The molecule has 2 aromatic rings. The fraction of sp³-hybridized carbons (Fsp3) is 0.550. The van der Waals surface area contributed by atoms with Crippen molar-refractivity contribution in [3.63, 3.8) is 0 Å². The SMILES string of the molecule is COc1nc2c(cc1CNC(C)Cn1ccnc1)C(=O)N(C1CCCC1)C2. The summed E-state index contributed by atoms with van der Waals surface area (Å²) in [5.74, 6) is 0.733. The Hall–Kier alpha value is -2.41. The van der Waals surface area contributed by atoms with Crippen LogP contribution >= 0.6 is 0 Å². The molecule has 0 bridgehead atoms. The van der Waals surface area contributed by atoms with E-state index in [4.69, 9.17) is 4.74 Å². The van der Waals surface area contributed by atoms with Crippen molar-refractivity contribution in [1.82, 2.24) is 24.8 Å². The number of ether oxygens (including phenoxy) is 1. The van der Waals surface area contributed by atoms with Gasteiger partial charge in [-0.05, 0) is 25.8 Å². The summed E-state index contributed by atoms with van der Waals surface area (Å²) in [7, 11) is 1.64. The Morgan fingerprint density at radius 1 is 1.37 bits per heavy atom. The first-order chi connectivity index (χ1) is 13.2. The highest BCUT2D eigenvalue weighted by molar-refractivity contribution is 5.98. The molecule has 1 atom stereocenters. The third-order valence-electron chi connectivity index (χ3n) is 5.60. The molecule has 4 rings (SSSR count). The monoisotopic (exact) mass is 369 g/mol. The molecule has 0 saturated heterocycles. The van der Waals surface area contributed by atoms with Crippen molar-refractivity contribution in [1.29, 1.82) is 0 Å². The number of amides is 1. The van der Waals surface area contributed by atoms with Crippen molar-refractivity contribution in [2.45, 2.75) is 64.3 Å². The van der Waals surface area contributed by atoms with Crippen LogP contribution < -0.4 is 10.1 Å². The van der Waals surface area contributed by atoms with Crippen molar-refractivity contribution >= 4 is 5.91 Å². The topological polar surface area (TPSA) is 72.3 Å². The van der Waals surface area contributed by atoms with Gasteiger partial charge in [-0.1, -0.05) is 12.8 Å². The number of aromatic nitrogens is 3. The molecule has 3 heterocycles. The van der Waals surface area contributed by atoms with Gasteiger partial charge >= 0.3 is 0 Å². The molecule has 0 spiro atoms. The summed E-state index contributed by atoms with van der Waals surface area (Å²) >= 11 is 0. The zero-order valence-corrected chi connectivity index (χ0v) is 16.0. The summed E-state index contributed by atoms with van der Waals surface area (Å²) in [4.78, 5) is 23.6. The van der Waals surface area contributed by atoms with Crippen molar-refractivity contribution in [3.8, 4) is 5.88 Å². The summed E-state index contributed by atoms with van der Waals surface area (Å²) in [6.07, 6.45) is 10.2. The van der Waals surface area contributed by atoms with E-state index in [0.717, 1.165) is 36.2 Å². The van der Waals surface area contributed by atoms with Crippen molar-refractivity contribution in [2.24, 2.45) is 0 Å². The Morgan fingerprint density at radius 3 is 2.89 bits per heavy atom. The van der Waals surface area contributed by atoms with Gasteiger partial charge in [-0.25, -0.2) is 9.97 Å². The van der Waals surface area contributed by atoms with Crippen LogP contribution in [0.15, 0.2) is 24.8 Å². The Labute approximate surface area is 159 Å². The average Bonchev–Trinajstić information content (AvgIpc) is 3.41.